The minimum Gasteiger partial charge on any atom is -0.450 e. The summed E-state index contributed by atoms with van der Waals surface area (Å²) in [6, 6.07) is 10.2. The van der Waals surface area contributed by atoms with E-state index in [1.165, 1.54) is 11.9 Å². The Hall–Kier alpha value is -3.68. The van der Waals surface area contributed by atoms with Crippen molar-refractivity contribution in [3.05, 3.63) is 59.2 Å². The Bertz CT molecular complexity index is 1400. The molecule has 0 bridgehead atoms. The number of aromatic nitrogens is 4. The molecule has 0 radical (unpaired) electrons. The monoisotopic (exact) mass is 467 g/mol. The number of hydrogen-bond donors (Lipinski definition) is 0. The Morgan fingerprint density at radius 2 is 1.94 bits per heavy atom. The van der Waals surface area contributed by atoms with Gasteiger partial charge >= 0.3 is 0 Å². The highest BCUT2D eigenvalue weighted by Crippen LogP contribution is 2.46. The Morgan fingerprint density at radius 3 is 2.57 bits per heavy atom. The zero-order valence-electron chi connectivity index (χ0n) is 20.4. The van der Waals surface area contributed by atoms with Gasteiger partial charge in [0.05, 0.1) is 16.6 Å². The predicted octanol–water partition coefficient (Wildman–Crippen LogP) is 3.93. The molecule has 8 nitrogen and oxygen atoms in total. The van der Waals surface area contributed by atoms with E-state index in [2.05, 4.69) is 38.8 Å². The number of nitrogens with zero attached hydrogens (tertiary/aromatic N) is 5. The first-order valence-corrected chi connectivity index (χ1v) is 12.0. The lowest BCUT2D eigenvalue weighted by Gasteiger charge is -2.25. The number of aldehydes is 2. The fraction of sp³-hybridized carbons (Fsp3) is 0.320. The number of anilines is 1. The first-order chi connectivity index (χ1) is 17.0. The fourth-order valence-electron chi connectivity index (χ4n) is 4.83. The standard InChI is InChI=1S/C25H27B2N5O3/c1-15(2)31-19(13-34)20(22-18(12-33)23(35-30-22)17-9-10-17)21-24(31)28-14-29-25(21)32(26)27(3)11-16-7-5-4-6-8-16/h4-8,12-15,17H,9-11,26H2,1-3H3. The number of benzene rings is 1. The van der Waals surface area contributed by atoms with Crippen LogP contribution < -0.4 is 4.72 Å². The molecule has 35 heavy (non-hydrogen) atoms. The highest BCUT2D eigenvalue weighted by atomic mass is 16.5. The molecule has 10 heteroatoms. The van der Waals surface area contributed by atoms with Crippen LogP contribution >= 0.6 is 0 Å². The first-order valence-electron chi connectivity index (χ1n) is 12.0. The Labute approximate surface area is 205 Å². The van der Waals surface area contributed by atoms with E-state index in [-0.39, 0.29) is 18.8 Å². The van der Waals surface area contributed by atoms with Gasteiger partial charge in [-0.2, -0.15) is 0 Å². The Kier molecular flexibility index (Phi) is 6.05. The van der Waals surface area contributed by atoms with Gasteiger partial charge in [-0.15, -0.1) is 0 Å². The van der Waals surface area contributed by atoms with E-state index in [0.29, 0.717) is 45.1 Å². The molecule has 4 aromatic rings. The lowest BCUT2D eigenvalue weighted by atomic mass is 9.56. The molecule has 176 valence electrons. The van der Waals surface area contributed by atoms with Gasteiger partial charge in [0.25, 0.3) is 0 Å². The van der Waals surface area contributed by atoms with Crippen LogP contribution in [0.1, 0.15) is 70.8 Å². The summed E-state index contributed by atoms with van der Waals surface area (Å²) in [5.41, 5.74) is 3.62. The number of carbonyl (C=O) groups excluding carboxylic acids is 2. The molecular formula is C25H27B2N5O3. The molecule has 1 aromatic carbocycles. The second-order valence-corrected chi connectivity index (χ2v) is 9.59. The molecule has 0 spiro atoms. The molecule has 1 aliphatic rings. The third kappa shape index (κ3) is 3.96. The average molecular weight is 467 g/mol. The summed E-state index contributed by atoms with van der Waals surface area (Å²) in [5, 5.41) is 5.01. The number of fused-ring (bicyclic) bond motifs is 1. The maximum Gasteiger partial charge on any atom is 0.243 e. The average Bonchev–Trinajstić information content (AvgIpc) is 3.53. The maximum absolute atomic E-state index is 12.5. The molecule has 1 fully saturated rings. The van der Waals surface area contributed by atoms with E-state index in [1.54, 1.807) is 0 Å². The van der Waals surface area contributed by atoms with Gasteiger partial charge in [-0.3, -0.25) is 9.59 Å². The van der Waals surface area contributed by atoms with Crippen molar-refractivity contribution in [2.75, 3.05) is 4.72 Å². The number of carbonyl (C=O) groups is 2. The van der Waals surface area contributed by atoms with Crippen LogP contribution in [0, 0.1) is 0 Å². The summed E-state index contributed by atoms with van der Waals surface area (Å²) in [6.07, 6.45) is 5.89. The second kappa shape index (κ2) is 9.17. The van der Waals surface area contributed by atoms with Gasteiger partial charge in [0, 0.05) is 17.5 Å². The van der Waals surface area contributed by atoms with Gasteiger partial charge in [-0.25, -0.2) is 9.97 Å². The maximum atomic E-state index is 12.5. The molecule has 0 atom stereocenters. The van der Waals surface area contributed by atoms with E-state index in [1.807, 2.05) is 44.6 Å². The molecule has 3 aromatic heterocycles. The summed E-state index contributed by atoms with van der Waals surface area (Å²) < 4.78 is 9.64. The van der Waals surface area contributed by atoms with Crippen molar-refractivity contribution in [3.63, 3.8) is 0 Å². The molecule has 0 amide bonds. The van der Waals surface area contributed by atoms with Crippen molar-refractivity contribution < 1.29 is 14.1 Å². The molecule has 0 unspecified atom stereocenters. The highest BCUT2D eigenvalue weighted by Gasteiger charge is 2.35. The third-order valence-corrected chi connectivity index (χ3v) is 6.86. The van der Waals surface area contributed by atoms with Gasteiger partial charge in [0.2, 0.25) is 14.8 Å². The van der Waals surface area contributed by atoms with Crippen LogP contribution in [-0.2, 0) is 6.32 Å². The summed E-state index contributed by atoms with van der Waals surface area (Å²) in [5.74, 6) is 1.49. The third-order valence-electron chi connectivity index (χ3n) is 6.86. The minimum atomic E-state index is -0.0456. The van der Waals surface area contributed by atoms with Gasteiger partial charge in [0.1, 0.15) is 23.5 Å². The summed E-state index contributed by atoms with van der Waals surface area (Å²) >= 11 is 0. The van der Waals surface area contributed by atoms with Crippen molar-refractivity contribution in [2.45, 2.75) is 51.8 Å². The highest BCUT2D eigenvalue weighted by molar-refractivity contribution is 6.70. The van der Waals surface area contributed by atoms with Crippen LogP contribution in [-0.4, -0.2) is 47.1 Å². The van der Waals surface area contributed by atoms with Crippen LogP contribution in [0.25, 0.3) is 22.3 Å². The zero-order valence-corrected chi connectivity index (χ0v) is 20.4. The molecular weight excluding hydrogens is 440 g/mol. The van der Waals surface area contributed by atoms with E-state index >= 15 is 0 Å². The molecule has 3 heterocycles. The van der Waals surface area contributed by atoms with Crippen molar-refractivity contribution in [2.24, 2.45) is 0 Å². The summed E-state index contributed by atoms with van der Waals surface area (Å²) in [7, 11) is 1.99. The van der Waals surface area contributed by atoms with Gasteiger partial charge < -0.3 is 13.8 Å². The SMILES string of the molecule is BN(B(C)Cc1ccccc1)c1ncnc2c1c(-c1noc(C3CC3)c1C=O)c(C=O)n2C(C)C. The number of hydrogen-bond acceptors (Lipinski definition) is 7. The van der Waals surface area contributed by atoms with E-state index in [9.17, 15) is 9.59 Å². The molecule has 0 N–H and O–H groups in total. The van der Waals surface area contributed by atoms with E-state index in [4.69, 9.17) is 4.52 Å². The van der Waals surface area contributed by atoms with Crippen LogP contribution in [0.15, 0.2) is 41.2 Å². The quantitative estimate of drug-likeness (QED) is 0.272. The fourth-order valence-corrected chi connectivity index (χ4v) is 4.83. The molecule has 0 aliphatic heterocycles. The van der Waals surface area contributed by atoms with Crippen LogP contribution in [0.4, 0.5) is 5.82 Å². The summed E-state index contributed by atoms with van der Waals surface area (Å²) in [4.78, 5) is 33.9. The second-order valence-electron chi connectivity index (χ2n) is 9.59. The van der Waals surface area contributed by atoms with Gasteiger partial charge in [-0.05, 0) is 33.0 Å². The predicted molar refractivity (Wildman–Crippen MR) is 139 cm³/mol. The molecule has 1 saturated carbocycles. The molecule has 0 saturated heterocycles. The lowest BCUT2D eigenvalue weighted by Crippen LogP contribution is -2.37. The normalized spacial score (nSPS) is 13.4. The van der Waals surface area contributed by atoms with Gasteiger partial charge in [-0.1, -0.05) is 47.9 Å². The van der Waals surface area contributed by atoms with E-state index in [0.717, 1.165) is 31.7 Å². The summed E-state index contributed by atoms with van der Waals surface area (Å²) in [6.45, 7) is 6.24. The number of rotatable bonds is 9. The minimum absolute atomic E-state index is 0.0456. The van der Waals surface area contributed by atoms with Crippen LogP contribution in [0.5, 0.6) is 0 Å². The molecule has 1 aliphatic carbocycles. The van der Waals surface area contributed by atoms with Crippen molar-refractivity contribution in [1.82, 2.24) is 19.7 Å². The topological polar surface area (TPSA) is 94.1 Å². The first kappa shape index (κ1) is 23.1. The van der Waals surface area contributed by atoms with Crippen molar-refractivity contribution in [3.8, 4) is 11.3 Å². The molecule has 5 rings (SSSR count). The van der Waals surface area contributed by atoms with E-state index < -0.39 is 0 Å². The van der Waals surface area contributed by atoms with Crippen LogP contribution in [0.3, 0.4) is 0 Å². The lowest BCUT2D eigenvalue weighted by molar-refractivity contribution is 0.110. The largest absolute Gasteiger partial charge is 0.450 e. The Morgan fingerprint density at radius 1 is 1.20 bits per heavy atom. The zero-order chi connectivity index (χ0) is 24.7. The van der Waals surface area contributed by atoms with Crippen molar-refractivity contribution >= 4 is 44.3 Å². The smallest absolute Gasteiger partial charge is 0.243 e. The van der Waals surface area contributed by atoms with Crippen molar-refractivity contribution in [1.29, 1.82) is 0 Å². The Balaban J connectivity index is 1.72. The van der Waals surface area contributed by atoms with Gasteiger partial charge in [0.15, 0.2) is 18.3 Å². The van der Waals surface area contributed by atoms with Crippen LogP contribution in [0.2, 0.25) is 6.82 Å².